The maximum atomic E-state index is 5.10. The van der Waals surface area contributed by atoms with Gasteiger partial charge in [-0.1, -0.05) is 19.1 Å². The number of ether oxygens (including phenoxy) is 1. The molecule has 0 amide bonds. The van der Waals surface area contributed by atoms with Crippen molar-refractivity contribution in [3.05, 3.63) is 11.9 Å². The second kappa shape index (κ2) is 2.86. The first kappa shape index (κ1) is 7.73. The van der Waals surface area contributed by atoms with E-state index in [1.54, 1.807) is 0 Å². The van der Waals surface area contributed by atoms with Crippen LogP contribution in [0.4, 0.5) is 0 Å². The lowest BCUT2D eigenvalue weighted by Gasteiger charge is -2.27. The van der Waals surface area contributed by atoms with Crippen molar-refractivity contribution in [2.45, 2.75) is 25.8 Å². The van der Waals surface area contributed by atoms with Gasteiger partial charge in [0.25, 0.3) is 0 Å². The molecule has 2 rings (SSSR count). The Morgan fingerprint density at radius 3 is 2.83 bits per heavy atom. The average Bonchev–Trinajstić information content (AvgIpc) is 2.31. The van der Waals surface area contributed by atoms with Crippen molar-refractivity contribution >= 4 is 0 Å². The van der Waals surface area contributed by atoms with E-state index in [4.69, 9.17) is 4.74 Å². The Morgan fingerprint density at radius 2 is 2.33 bits per heavy atom. The highest BCUT2D eigenvalue weighted by atomic mass is 16.5. The Kier molecular flexibility index (Phi) is 1.84. The molecule has 4 heteroatoms. The van der Waals surface area contributed by atoms with Crippen LogP contribution in [-0.2, 0) is 4.74 Å². The number of hydrogen-bond acceptors (Lipinski definition) is 3. The zero-order valence-corrected chi connectivity index (χ0v) is 7.40. The minimum absolute atomic E-state index is 0.421. The molecule has 0 radical (unpaired) electrons. The van der Waals surface area contributed by atoms with Crippen LogP contribution in [0.5, 0.6) is 0 Å². The smallest absolute Gasteiger partial charge is 0.101 e. The van der Waals surface area contributed by atoms with Crippen LogP contribution in [-0.4, -0.2) is 28.2 Å². The molecule has 66 valence electrons. The van der Waals surface area contributed by atoms with Crippen molar-refractivity contribution in [3.8, 4) is 0 Å². The number of aromatic nitrogens is 3. The Balaban J connectivity index is 2.23. The van der Waals surface area contributed by atoms with Crippen molar-refractivity contribution in [2.24, 2.45) is 0 Å². The molecule has 0 aromatic carbocycles. The molecule has 2 heterocycles. The predicted molar refractivity (Wildman–Crippen MR) is 44.0 cm³/mol. The fourth-order valence-corrected chi connectivity index (χ4v) is 1.31. The standard InChI is InChI=1S/C8H13N3O/c1-6(2)8-3-9-10-11(8)7-4-12-5-7/h3,6-7H,4-5H2,1-2H3. The Hall–Kier alpha value is -0.900. The molecule has 12 heavy (non-hydrogen) atoms. The molecule has 0 aliphatic carbocycles. The van der Waals surface area contributed by atoms with Gasteiger partial charge in [-0.25, -0.2) is 4.68 Å². The summed E-state index contributed by atoms with van der Waals surface area (Å²) in [5.41, 5.74) is 1.20. The van der Waals surface area contributed by atoms with E-state index in [0.29, 0.717) is 12.0 Å². The van der Waals surface area contributed by atoms with Gasteiger partial charge in [-0.2, -0.15) is 0 Å². The Morgan fingerprint density at radius 1 is 1.58 bits per heavy atom. The third-order valence-electron chi connectivity index (χ3n) is 2.16. The molecule has 1 fully saturated rings. The van der Waals surface area contributed by atoms with Crippen molar-refractivity contribution in [1.82, 2.24) is 15.0 Å². The van der Waals surface area contributed by atoms with Gasteiger partial charge < -0.3 is 4.74 Å². The summed E-state index contributed by atoms with van der Waals surface area (Å²) in [5.74, 6) is 0.487. The summed E-state index contributed by atoms with van der Waals surface area (Å²) in [6.45, 7) is 5.86. The van der Waals surface area contributed by atoms with Gasteiger partial charge in [-0.05, 0) is 5.92 Å². The fourth-order valence-electron chi connectivity index (χ4n) is 1.31. The molecular weight excluding hydrogens is 154 g/mol. The van der Waals surface area contributed by atoms with Crippen molar-refractivity contribution in [2.75, 3.05) is 13.2 Å². The van der Waals surface area contributed by atoms with Gasteiger partial charge in [-0.3, -0.25) is 0 Å². The average molecular weight is 167 g/mol. The van der Waals surface area contributed by atoms with E-state index in [9.17, 15) is 0 Å². The van der Waals surface area contributed by atoms with Gasteiger partial charge in [0.15, 0.2) is 0 Å². The molecule has 1 aliphatic rings. The maximum Gasteiger partial charge on any atom is 0.101 e. The van der Waals surface area contributed by atoms with E-state index in [-0.39, 0.29) is 0 Å². The molecule has 1 saturated heterocycles. The van der Waals surface area contributed by atoms with Crippen molar-refractivity contribution in [1.29, 1.82) is 0 Å². The quantitative estimate of drug-likeness (QED) is 0.659. The van der Waals surface area contributed by atoms with Crippen LogP contribution in [0, 0.1) is 0 Å². The molecule has 1 aromatic heterocycles. The van der Waals surface area contributed by atoms with Crippen LogP contribution in [0.2, 0.25) is 0 Å². The van der Waals surface area contributed by atoms with Crippen LogP contribution in [0.3, 0.4) is 0 Å². The topological polar surface area (TPSA) is 39.9 Å². The highest BCUT2D eigenvalue weighted by Crippen LogP contribution is 2.21. The summed E-state index contributed by atoms with van der Waals surface area (Å²) in [7, 11) is 0. The van der Waals surface area contributed by atoms with Gasteiger partial charge in [0.05, 0.1) is 25.1 Å². The number of nitrogens with zero attached hydrogens (tertiary/aromatic N) is 3. The van der Waals surface area contributed by atoms with Crippen LogP contribution in [0.25, 0.3) is 0 Å². The first-order valence-electron chi connectivity index (χ1n) is 4.27. The minimum atomic E-state index is 0.421. The van der Waals surface area contributed by atoms with E-state index >= 15 is 0 Å². The summed E-state index contributed by atoms with van der Waals surface area (Å²) in [6.07, 6.45) is 1.84. The highest BCUT2D eigenvalue weighted by molar-refractivity contribution is 5.02. The fraction of sp³-hybridized carbons (Fsp3) is 0.750. The Bertz CT molecular complexity index is 265. The van der Waals surface area contributed by atoms with E-state index in [1.807, 2.05) is 10.9 Å². The van der Waals surface area contributed by atoms with Crippen molar-refractivity contribution < 1.29 is 4.74 Å². The van der Waals surface area contributed by atoms with E-state index in [1.165, 1.54) is 5.69 Å². The SMILES string of the molecule is CC(C)c1cnnn1C1COC1. The Labute approximate surface area is 71.5 Å². The molecule has 0 atom stereocenters. The molecule has 1 aliphatic heterocycles. The minimum Gasteiger partial charge on any atom is -0.377 e. The lowest BCUT2D eigenvalue weighted by molar-refractivity contribution is -0.0308. The van der Waals surface area contributed by atoms with E-state index in [0.717, 1.165) is 13.2 Å². The normalized spacial score (nSPS) is 18.2. The van der Waals surface area contributed by atoms with Gasteiger partial charge >= 0.3 is 0 Å². The van der Waals surface area contributed by atoms with Gasteiger partial charge in [-0.15, -0.1) is 5.10 Å². The summed E-state index contributed by atoms with van der Waals surface area (Å²) < 4.78 is 7.09. The monoisotopic (exact) mass is 167 g/mol. The van der Waals surface area contributed by atoms with Crippen LogP contribution in [0.1, 0.15) is 31.5 Å². The van der Waals surface area contributed by atoms with Gasteiger partial charge in [0.1, 0.15) is 6.04 Å². The molecule has 4 nitrogen and oxygen atoms in total. The molecule has 0 N–H and O–H groups in total. The van der Waals surface area contributed by atoms with Crippen molar-refractivity contribution in [3.63, 3.8) is 0 Å². The first-order chi connectivity index (χ1) is 5.79. The number of rotatable bonds is 2. The van der Waals surface area contributed by atoms with Crippen LogP contribution < -0.4 is 0 Å². The van der Waals surface area contributed by atoms with Gasteiger partial charge in [0, 0.05) is 0 Å². The third kappa shape index (κ3) is 1.12. The largest absolute Gasteiger partial charge is 0.377 e. The lowest BCUT2D eigenvalue weighted by Crippen LogP contribution is -2.32. The molecule has 0 saturated carbocycles. The van der Waals surface area contributed by atoms with Crippen LogP contribution >= 0.6 is 0 Å². The highest BCUT2D eigenvalue weighted by Gasteiger charge is 2.24. The molecular formula is C8H13N3O. The molecule has 0 spiro atoms. The second-order valence-corrected chi connectivity index (χ2v) is 3.45. The second-order valence-electron chi connectivity index (χ2n) is 3.45. The first-order valence-corrected chi connectivity index (χ1v) is 4.27. The molecule has 1 aromatic rings. The summed E-state index contributed by atoms with van der Waals surface area (Å²) in [6, 6.07) is 0.421. The summed E-state index contributed by atoms with van der Waals surface area (Å²) in [4.78, 5) is 0. The molecule has 0 bridgehead atoms. The van der Waals surface area contributed by atoms with Gasteiger partial charge in [0.2, 0.25) is 0 Å². The van der Waals surface area contributed by atoms with E-state index < -0.39 is 0 Å². The maximum absolute atomic E-state index is 5.10. The third-order valence-corrected chi connectivity index (χ3v) is 2.16. The lowest BCUT2D eigenvalue weighted by atomic mass is 10.1. The zero-order valence-electron chi connectivity index (χ0n) is 7.40. The van der Waals surface area contributed by atoms with E-state index in [2.05, 4.69) is 24.2 Å². The van der Waals surface area contributed by atoms with Crippen LogP contribution in [0.15, 0.2) is 6.20 Å². The number of hydrogen-bond donors (Lipinski definition) is 0. The molecule has 0 unspecified atom stereocenters. The predicted octanol–water partition coefficient (Wildman–Crippen LogP) is 0.973. The zero-order chi connectivity index (χ0) is 8.55. The summed E-state index contributed by atoms with van der Waals surface area (Å²) in [5, 5.41) is 7.95. The summed E-state index contributed by atoms with van der Waals surface area (Å²) >= 11 is 0.